The molecule has 0 bridgehead atoms. The zero-order valence-corrected chi connectivity index (χ0v) is 10.5. The summed E-state index contributed by atoms with van der Waals surface area (Å²) in [5.74, 6) is -1.00. The zero-order chi connectivity index (χ0) is 12.8. The monoisotopic (exact) mass is 243 g/mol. The normalized spacial score (nSPS) is 12.8. The van der Waals surface area contributed by atoms with Crippen LogP contribution in [-0.4, -0.2) is 18.7 Å². The summed E-state index contributed by atoms with van der Waals surface area (Å²) in [6, 6.07) is 3.64. The molecule has 0 aromatic heterocycles. The summed E-state index contributed by atoms with van der Waals surface area (Å²) in [5.41, 5.74) is 0. The Labute approximate surface area is 101 Å². The molecule has 1 aromatic rings. The van der Waals surface area contributed by atoms with Crippen molar-refractivity contribution in [3.05, 3.63) is 29.8 Å². The molecule has 0 amide bonds. The molecule has 4 heteroatoms. The van der Waals surface area contributed by atoms with Crippen molar-refractivity contribution in [3.63, 3.8) is 0 Å². The van der Waals surface area contributed by atoms with E-state index in [1.807, 2.05) is 6.92 Å². The van der Waals surface area contributed by atoms with E-state index < -0.39 is 11.6 Å². The van der Waals surface area contributed by atoms with E-state index in [0.717, 1.165) is 19.0 Å². The Morgan fingerprint density at radius 3 is 2.24 bits per heavy atom. The van der Waals surface area contributed by atoms with E-state index in [2.05, 4.69) is 19.2 Å². The molecule has 17 heavy (non-hydrogen) atoms. The Balaban J connectivity index is 2.42. The first-order chi connectivity index (χ1) is 7.97. The fourth-order valence-electron chi connectivity index (χ4n) is 1.46. The predicted molar refractivity (Wildman–Crippen MR) is 64.2 cm³/mol. The minimum Gasteiger partial charge on any atom is -0.490 e. The molecule has 0 saturated carbocycles. The van der Waals surface area contributed by atoms with Crippen molar-refractivity contribution in [2.75, 3.05) is 6.54 Å². The maximum Gasteiger partial charge on any atom is 0.129 e. The fourth-order valence-corrected chi connectivity index (χ4v) is 1.46. The predicted octanol–water partition coefficient (Wildman–Crippen LogP) is 3.12. The molecule has 1 atom stereocenters. The quantitative estimate of drug-likeness (QED) is 0.828. The lowest BCUT2D eigenvalue weighted by molar-refractivity contribution is 0.207. The second-order valence-electron chi connectivity index (χ2n) is 4.43. The van der Waals surface area contributed by atoms with Gasteiger partial charge in [-0.25, -0.2) is 8.78 Å². The van der Waals surface area contributed by atoms with Gasteiger partial charge in [-0.3, -0.25) is 0 Å². The van der Waals surface area contributed by atoms with Crippen molar-refractivity contribution in [3.8, 4) is 5.75 Å². The van der Waals surface area contributed by atoms with Crippen LogP contribution in [0.4, 0.5) is 8.78 Å². The van der Waals surface area contributed by atoms with Gasteiger partial charge in [0.15, 0.2) is 0 Å². The lowest BCUT2D eigenvalue weighted by Crippen LogP contribution is -2.27. The van der Waals surface area contributed by atoms with Crippen LogP contribution in [0, 0.1) is 11.6 Å². The Bertz CT molecular complexity index is 335. The summed E-state index contributed by atoms with van der Waals surface area (Å²) in [5, 5.41) is 3.26. The van der Waals surface area contributed by atoms with Crippen LogP contribution in [0.5, 0.6) is 5.75 Å². The molecular weight excluding hydrogens is 224 g/mol. The van der Waals surface area contributed by atoms with Gasteiger partial charge in [0.1, 0.15) is 17.4 Å². The van der Waals surface area contributed by atoms with Crippen molar-refractivity contribution in [1.29, 1.82) is 0 Å². The molecule has 0 aliphatic carbocycles. The first-order valence-corrected chi connectivity index (χ1v) is 5.83. The van der Waals surface area contributed by atoms with Gasteiger partial charge in [0, 0.05) is 24.2 Å². The lowest BCUT2D eigenvalue weighted by Gasteiger charge is -2.16. The summed E-state index contributed by atoms with van der Waals surface area (Å²) in [4.78, 5) is 0. The van der Waals surface area contributed by atoms with Gasteiger partial charge in [0.25, 0.3) is 0 Å². The Morgan fingerprint density at radius 2 is 1.71 bits per heavy atom. The molecule has 1 rings (SSSR count). The first kappa shape index (κ1) is 13.9. The fraction of sp³-hybridized carbons (Fsp3) is 0.538. The van der Waals surface area contributed by atoms with Crippen LogP contribution >= 0.6 is 0 Å². The van der Waals surface area contributed by atoms with Crippen molar-refractivity contribution in [2.45, 2.75) is 39.3 Å². The molecule has 96 valence electrons. The minimum atomic E-state index is -0.618. The van der Waals surface area contributed by atoms with Gasteiger partial charge in [0.05, 0.1) is 6.10 Å². The van der Waals surface area contributed by atoms with Gasteiger partial charge in [-0.05, 0) is 19.9 Å². The smallest absolute Gasteiger partial charge is 0.129 e. The highest BCUT2D eigenvalue weighted by Gasteiger charge is 2.07. The Kier molecular flexibility index (Phi) is 5.35. The summed E-state index contributed by atoms with van der Waals surface area (Å²) >= 11 is 0. The van der Waals surface area contributed by atoms with E-state index in [-0.39, 0.29) is 11.9 Å². The maximum absolute atomic E-state index is 12.9. The Hall–Kier alpha value is -1.16. The summed E-state index contributed by atoms with van der Waals surface area (Å²) < 4.78 is 31.2. The molecule has 1 unspecified atom stereocenters. The molecule has 1 N–H and O–H groups in total. The minimum absolute atomic E-state index is 0.0811. The van der Waals surface area contributed by atoms with Gasteiger partial charge in [-0.1, -0.05) is 13.8 Å². The van der Waals surface area contributed by atoms with Crippen molar-refractivity contribution >= 4 is 0 Å². The van der Waals surface area contributed by atoms with Gasteiger partial charge in [-0.2, -0.15) is 0 Å². The Morgan fingerprint density at radius 1 is 1.12 bits per heavy atom. The van der Waals surface area contributed by atoms with E-state index in [9.17, 15) is 8.78 Å². The third kappa shape index (κ3) is 5.63. The topological polar surface area (TPSA) is 21.3 Å². The second-order valence-corrected chi connectivity index (χ2v) is 4.43. The van der Waals surface area contributed by atoms with Crippen molar-refractivity contribution < 1.29 is 13.5 Å². The standard InChI is InChI=1S/C13H19F2NO/c1-9(2)16-5-4-10(3)17-13-7-11(14)6-12(15)8-13/h6-10,16H,4-5H2,1-3H3. The molecule has 0 fully saturated rings. The SMILES string of the molecule is CC(C)NCCC(C)Oc1cc(F)cc(F)c1. The molecule has 1 aromatic carbocycles. The van der Waals surface area contributed by atoms with Crippen LogP contribution in [-0.2, 0) is 0 Å². The van der Waals surface area contributed by atoms with E-state index in [4.69, 9.17) is 4.74 Å². The van der Waals surface area contributed by atoms with Crippen LogP contribution in [0.15, 0.2) is 18.2 Å². The van der Waals surface area contributed by atoms with Crippen LogP contribution < -0.4 is 10.1 Å². The second kappa shape index (κ2) is 6.55. The van der Waals surface area contributed by atoms with Gasteiger partial charge < -0.3 is 10.1 Å². The molecule has 0 saturated heterocycles. The van der Waals surface area contributed by atoms with E-state index in [1.54, 1.807) is 0 Å². The van der Waals surface area contributed by atoms with E-state index in [0.29, 0.717) is 6.04 Å². The highest BCUT2D eigenvalue weighted by atomic mass is 19.1. The molecule has 0 aliphatic heterocycles. The van der Waals surface area contributed by atoms with Gasteiger partial charge >= 0.3 is 0 Å². The third-order valence-corrected chi connectivity index (χ3v) is 2.28. The highest BCUT2D eigenvalue weighted by molar-refractivity contribution is 5.23. The summed E-state index contributed by atoms with van der Waals surface area (Å²) in [6.07, 6.45) is 0.707. The average Bonchev–Trinajstić information content (AvgIpc) is 2.14. The van der Waals surface area contributed by atoms with Gasteiger partial charge in [0.2, 0.25) is 0 Å². The summed E-state index contributed by atoms with van der Waals surface area (Å²) in [7, 11) is 0. The number of hydrogen-bond donors (Lipinski definition) is 1. The summed E-state index contributed by atoms with van der Waals surface area (Å²) in [6.45, 7) is 6.82. The molecule has 0 heterocycles. The van der Waals surface area contributed by atoms with Crippen molar-refractivity contribution in [2.24, 2.45) is 0 Å². The van der Waals surface area contributed by atoms with E-state index in [1.165, 1.54) is 12.1 Å². The van der Waals surface area contributed by atoms with E-state index >= 15 is 0 Å². The van der Waals surface area contributed by atoms with Crippen LogP contribution in [0.1, 0.15) is 27.2 Å². The molecule has 2 nitrogen and oxygen atoms in total. The highest BCUT2D eigenvalue weighted by Crippen LogP contribution is 2.17. The largest absolute Gasteiger partial charge is 0.490 e. The number of benzene rings is 1. The van der Waals surface area contributed by atoms with Crippen LogP contribution in [0.3, 0.4) is 0 Å². The number of hydrogen-bond acceptors (Lipinski definition) is 2. The zero-order valence-electron chi connectivity index (χ0n) is 10.5. The molecule has 0 aliphatic rings. The van der Waals surface area contributed by atoms with Crippen LogP contribution in [0.2, 0.25) is 0 Å². The maximum atomic E-state index is 12.9. The van der Waals surface area contributed by atoms with Crippen LogP contribution in [0.25, 0.3) is 0 Å². The molecule has 0 spiro atoms. The third-order valence-electron chi connectivity index (χ3n) is 2.28. The lowest BCUT2D eigenvalue weighted by atomic mass is 10.2. The number of nitrogens with one attached hydrogen (secondary N) is 1. The molecular formula is C13H19F2NO. The number of ether oxygens (including phenoxy) is 1. The molecule has 0 radical (unpaired) electrons. The number of rotatable bonds is 6. The first-order valence-electron chi connectivity index (χ1n) is 5.83. The van der Waals surface area contributed by atoms with Gasteiger partial charge in [-0.15, -0.1) is 0 Å². The average molecular weight is 243 g/mol. The number of halogens is 2. The van der Waals surface area contributed by atoms with Crippen molar-refractivity contribution in [1.82, 2.24) is 5.32 Å².